The van der Waals surface area contributed by atoms with E-state index in [2.05, 4.69) is 0 Å². The summed E-state index contributed by atoms with van der Waals surface area (Å²) in [6.07, 6.45) is 3.31. The number of rotatable bonds is 12. The number of unbranched alkanes of at least 4 members (excludes halogenated alkanes) is 1. The van der Waals surface area contributed by atoms with E-state index in [4.69, 9.17) is 11.5 Å². The Balaban J connectivity index is 2.48. The molecule has 0 saturated carbocycles. The van der Waals surface area contributed by atoms with E-state index in [9.17, 15) is 33.9 Å². The maximum atomic E-state index is 13.5. The van der Waals surface area contributed by atoms with Gasteiger partial charge in [-0.3, -0.25) is 33.8 Å². The Morgan fingerprint density at radius 1 is 1.00 bits per heavy atom. The Kier molecular flexibility index (Phi) is 9.34. The Morgan fingerprint density at radius 3 is 2.06 bits per heavy atom. The Labute approximate surface area is 196 Å². The summed E-state index contributed by atoms with van der Waals surface area (Å²) in [5, 5.41) is 9.77. The van der Waals surface area contributed by atoms with Crippen LogP contribution in [0.5, 0.6) is 0 Å². The minimum Gasteiger partial charge on any atom is -0.480 e. The molecule has 2 atom stereocenters. The van der Waals surface area contributed by atoms with Gasteiger partial charge in [-0.2, -0.15) is 0 Å². The van der Waals surface area contributed by atoms with Gasteiger partial charge >= 0.3 is 5.97 Å². The summed E-state index contributed by atoms with van der Waals surface area (Å²) in [6.45, 7) is 0.680. The van der Waals surface area contributed by atoms with Gasteiger partial charge in [-0.05, 0) is 12.0 Å². The summed E-state index contributed by atoms with van der Waals surface area (Å²) in [5.74, 6) is -5.08. The lowest BCUT2D eigenvalue weighted by atomic mass is 9.91. The van der Waals surface area contributed by atoms with Crippen LogP contribution in [0.4, 0.5) is 0 Å². The highest BCUT2D eigenvalue weighted by Crippen LogP contribution is 2.23. The molecule has 2 rings (SSSR count). The summed E-state index contributed by atoms with van der Waals surface area (Å²) in [7, 11) is 0. The van der Waals surface area contributed by atoms with Gasteiger partial charge in [0, 0.05) is 24.1 Å². The second-order valence-corrected chi connectivity index (χ2v) is 7.68. The molecule has 4 amide bonds. The zero-order valence-corrected chi connectivity index (χ0v) is 18.8. The van der Waals surface area contributed by atoms with Crippen molar-refractivity contribution in [1.82, 2.24) is 9.80 Å². The van der Waals surface area contributed by atoms with Gasteiger partial charge < -0.3 is 16.6 Å². The molecule has 0 aromatic heterocycles. The fourth-order valence-corrected chi connectivity index (χ4v) is 3.79. The normalized spacial score (nSPS) is 14.7. The quantitative estimate of drug-likeness (QED) is 0.270. The molecular weight excluding hydrogens is 444 g/mol. The number of nitrogens with zero attached hydrogens (tertiary/aromatic N) is 2. The van der Waals surface area contributed by atoms with E-state index in [1.807, 2.05) is 6.92 Å². The zero-order valence-electron chi connectivity index (χ0n) is 18.8. The second-order valence-electron chi connectivity index (χ2n) is 7.68. The van der Waals surface area contributed by atoms with Crippen LogP contribution < -0.4 is 11.5 Å². The fourth-order valence-electron chi connectivity index (χ4n) is 3.79. The van der Waals surface area contributed by atoms with Crippen LogP contribution in [0.3, 0.4) is 0 Å². The third-order valence-electron chi connectivity index (χ3n) is 5.47. The maximum absolute atomic E-state index is 13.5. The van der Waals surface area contributed by atoms with Gasteiger partial charge in [-0.25, -0.2) is 4.79 Å². The number of carbonyl (C=O) groups excluding carboxylic acids is 5. The highest BCUT2D eigenvalue weighted by atomic mass is 16.4. The van der Waals surface area contributed by atoms with E-state index < -0.39 is 67.0 Å². The van der Waals surface area contributed by atoms with Gasteiger partial charge in [0.2, 0.25) is 11.8 Å². The molecule has 0 saturated heterocycles. The standard InChI is InChI=1S/C23H28N4O7/c1-2-3-8-16(26-18(28)9-10-19(26)29)22(32)15-7-5-4-6-14(15)11-17(23(33)34)27(20(30)12-24)21(31)13-25/h4-7,9-10,16-17H,2-3,8,11-13,24-25H2,1H3,(H,33,34). The average molecular weight is 472 g/mol. The minimum absolute atomic E-state index is 0.0858. The van der Waals surface area contributed by atoms with Gasteiger partial charge in [-0.15, -0.1) is 0 Å². The molecule has 0 bridgehead atoms. The molecule has 0 spiro atoms. The molecule has 1 aliphatic heterocycles. The Morgan fingerprint density at radius 2 is 1.56 bits per heavy atom. The number of benzene rings is 1. The molecule has 0 fully saturated rings. The van der Waals surface area contributed by atoms with E-state index in [0.717, 1.165) is 17.1 Å². The van der Waals surface area contributed by atoms with Crippen molar-refractivity contribution in [2.75, 3.05) is 13.1 Å². The topological polar surface area (TPSA) is 181 Å². The van der Waals surface area contributed by atoms with E-state index in [1.165, 1.54) is 12.1 Å². The third-order valence-corrected chi connectivity index (χ3v) is 5.47. The van der Waals surface area contributed by atoms with Crippen molar-refractivity contribution in [3.63, 3.8) is 0 Å². The lowest BCUT2D eigenvalue weighted by molar-refractivity contribution is -0.157. The van der Waals surface area contributed by atoms with Crippen LogP contribution in [0.15, 0.2) is 36.4 Å². The van der Waals surface area contributed by atoms with E-state index in [0.29, 0.717) is 17.7 Å². The van der Waals surface area contributed by atoms with Crippen molar-refractivity contribution in [2.45, 2.75) is 44.7 Å². The van der Waals surface area contributed by atoms with Gasteiger partial charge in [0.15, 0.2) is 5.78 Å². The number of carboxylic acids is 1. The molecule has 0 aliphatic carbocycles. The van der Waals surface area contributed by atoms with Crippen molar-refractivity contribution < 1.29 is 33.9 Å². The number of nitrogens with two attached hydrogens (primary N) is 2. The average Bonchev–Trinajstić information content (AvgIpc) is 3.16. The summed E-state index contributed by atoms with van der Waals surface area (Å²) >= 11 is 0. The van der Waals surface area contributed by atoms with Crippen LogP contribution in [0.2, 0.25) is 0 Å². The number of Topliss-reactive ketones (excluding diaryl/α,β-unsaturated/α-hetero) is 1. The van der Waals surface area contributed by atoms with Gasteiger partial charge in [0.05, 0.1) is 13.1 Å². The molecule has 34 heavy (non-hydrogen) atoms. The molecule has 182 valence electrons. The number of ketones is 1. The largest absolute Gasteiger partial charge is 0.480 e. The van der Waals surface area contributed by atoms with Crippen LogP contribution in [0, 0.1) is 0 Å². The number of amides is 4. The Hall–Kier alpha value is -3.70. The van der Waals surface area contributed by atoms with Crippen LogP contribution >= 0.6 is 0 Å². The number of hydrogen-bond acceptors (Lipinski definition) is 8. The van der Waals surface area contributed by atoms with Crippen molar-refractivity contribution in [2.24, 2.45) is 11.5 Å². The number of aliphatic carboxylic acids is 1. The fraction of sp³-hybridized carbons (Fsp3) is 0.391. The number of hydrogen-bond donors (Lipinski definition) is 3. The first-order chi connectivity index (χ1) is 16.2. The predicted molar refractivity (Wildman–Crippen MR) is 120 cm³/mol. The first-order valence-electron chi connectivity index (χ1n) is 10.8. The minimum atomic E-state index is -1.66. The second kappa shape index (κ2) is 12.0. The number of carbonyl (C=O) groups is 6. The van der Waals surface area contributed by atoms with E-state index >= 15 is 0 Å². The number of carboxylic acid groups (broad SMARTS) is 1. The van der Waals surface area contributed by atoms with Crippen LogP contribution in [-0.2, 0) is 30.4 Å². The molecule has 1 aromatic rings. The molecule has 11 nitrogen and oxygen atoms in total. The first kappa shape index (κ1) is 26.6. The predicted octanol–water partition coefficient (Wildman–Crippen LogP) is -0.379. The van der Waals surface area contributed by atoms with Crippen molar-refractivity contribution in [1.29, 1.82) is 0 Å². The summed E-state index contributed by atoms with van der Waals surface area (Å²) < 4.78 is 0. The lowest BCUT2D eigenvalue weighted by Crippen LogP contribution is -2.53. The van der Waals surface area contributed by atoms with Crippen LogP contribution in [0.25, 0.3) is 0 Å². The van der Waals surface area contributed by atoms with E-state index in [1.54, 1.807) is 12.1 Å². The van der Waals surface area contributed by atoms with Crippen molar-refractivity contribution in [3.8, 4) is 0 Å². The molecule has 1 aromatic carbocycles. The van der Waals surface area contributed by atoms with Gasteiger partial charge in [0.25, 0.3) is 11.8 Å². The lowest BCUT2D eigenvalue weighted by Gasteiger charge is -2.28. The monoisotopic (exact) mass is 472 g/mol. The van der Waals surface area contributed by atoms with Crippen molar-refractivity contribution in [3.05, 3.63) is 47.5 Å². The number of imide groups is 2. The summed E-state index contributed by atoms with van der Waals surface area (Å²) in [6, 6.07) is 3.33. The van der Waals surface area contributed by atoms with Crippen LogP contribution in [-0.4, -0.2) is 75.5 Å². The van der Waals surface area contributed by atoms with Crippen molar-refractivity contribution >= 4 is 35.4 Å². The summed E-state index contributed by atoms with van der Waals surface area (Å²) in [5.41, 5.74) is 11.0. The molecule has 11 heteroatoms. The Bertz CT molecular complexity index is 986. The summed E-state index contributed by atoms with van der Waals surface area (Å²) in [4.78, 5) is 76.0. The molecule has 1 aliphatic rings. The SMILES string of the molecule is CCCCC(C(=O)c1ccccc1CC(C(=O)O)N(C(=O)CN)C(=O)CN)N1C(=O)C=CC1=O. The molecule has 1 heterocycles. The van der Waals surface area contributed by atoms with Gasteiger partial charge in [-0.1, -0.05) is 44.0 Å². The zero-order chi connectivity index (χ0) is 25.4. The third kappa shape index (κ3) is 5.80. The maximum Gasteiger partial charge on any atom is 0.327 e. The molecule has 0 radical (unpaired) electrons. The molecular formula is C23H28N4O7. The van der Waals surface area contributed by atoms with E-state index in [-0.39, 0.29) is 17.5 Å². The highest BCUT2D eigenvalue weighted by molar-refractivity contribution is 6.17. The van der Waals surface area contributed by atoms with Gasteiger partial charge in [0.1, 0.15) is 12.1 Å². The smallest absolute Gasteiger partial charge is 0.327 e. The highest BCUT2D eigenvalue weighted by Gasteiger charge is 2.38. The molecule has 5 N–H and O–H groups in total. The van der Waals surface area contributed by atoms with Crippen LogP contribution in [0.1, 0.15) is 42.1 Å². The first-order valence-corrected chi connectivity index (χ1v) is 10.8. The molecule has 2 unspecified atom stereocenters.